The average molecular weight is 535 g/mol. The topological polar surface area (TPSA) is 79.7 Å². The molecule has 2 heterocycles. The van der Waals surface area contributed by atoms with Crippen molar-refractivity contribution in [3.8, 4) is 5.75 Å². The molecule has 180 valence electrons. The van der Waals surface area contributed by atoms with Crippen LogP contribution in [0.25, 0.3) is 5.76 Å². The van der Waals surface area contributed by atoms with Gasteiger partial charge in [0.2, 0.25) is 0 Å². The molecule has 1 aromatic heterocycles. The summed E-state index contributed by atoms with van der Waals surface area (Å²) in [4.78, 5) is 32.1. The van der Waals surface area contributed by atoms with Gasteiger partial charge in [0.25, 0.3) is 11.7 Å². The molecule has 1 atom stereocenters. The molecular formula is C28H27BrN2O4. The van der Waals surface area contributed by atoms with Gasteiger partial charge in [-0.2, -0.15) is 0 Å². The summed E-state index contributed by atoms with van der Waals surface area (Å²) in [5.41, 5.74) is 2.90. The number of hydrogen-bond donors (Lipinski definition) is 1. The molecule has 1 aliphatic heterocycles. The summed E-state index contributed by atoms with van der Waals surface area (Å²) in [7, 11) is 0. The number of aryl methyl sites for hydroxylation is 1. The number of aromatic nitrogens is 1. The van der Waals surface area contributed by atoms with Crippen molar-refractivity contribution < 1.29 is 19.4 Å². The molecule has 35 heavy (non-hydrogen) atoms. The normalized spacial score (nSPS) is 17.3. The van der Waals surface area contributed by atoms with Crippen molar-refractivity contribution in [2.24, 2.45) is 5.92 Å². The van der Waals surface area contributed by atoms with Crippen molar-refractivity contribution in [1.82, 2.24) is 9.88 Å². The second kappa shape index (κ2) is 10.4. The first-order valence-corrected chi connectivity index (χ1v) is 12.2. The highest BCUT2D eigenvalue weighted by atomic mass is 79.9. The van der Waals surface area contributed by atoms with E-state index >= 15 is 0 Å². The van der Waals surface area contributed by atoms with Crippen molar-refractivity contribution in [2.75, 3.05) is 6.61 Å². The molecule has 6 nitrogen and oxygen atoms in total. The van der Waals surface area contributed by atoms with Gasteiger partial charge in [0.05, 0.1) is 18.2 Å². The van der Waals surface area contributed by atoms with Crippen molar-refractivity contribution in [1.29, 1.82) is 0 Å². The molecule has 1 fully saturated rings. The highest BCUT2D eigenvalue weighted by Gasteiger charge is 2.46. The Morgan fingerprint density at radius 3 is 2.63 bits per heavy atom. The van der Waals surface area contributed by atoms with Crippen molar-refractivity contribution >= 4 is 33.4 Å². The van der Waals surface area contributed by atoms with Gasteiger partial charge < -0.3 is 14.7 Å². The maximum absolute atomic E-state index is 13.3. The van der Waals surface area contributed by atoms with Crippen LogP contribution in [0, 0.1) is 12.8 Å². The van der Waals surface area contributed by atoms with Gasteiger partial charge >= 0.3 is 0 Å². The summed E-state index contributed by atoms with van der Waals surface area (Å²) in [6.07, 6.45) is 3.32. The highest BCUT2D eigenvalue weighted by Crippen LogP contribution is 2.41. The van der Waals surface area contributed by atoms with Crippen molar-refractivity contribution in [3.05, 3.63) is 99.3 Å². The lowest BCUT2D eigenvalue weighted by Crippen LogP contribution is -2.29. The van der Waals surface area contributed by atoms with E-state index in [0.717, 1.165) is 15.6 Å². The molecule has 3 aromatic rings. The lowest BCUT2D eigenvalue weighted by atomic mass is 9.94. The summed E-state index contributed by atoms with van der Waals surface area (Å²) < 4.78 is 6.79. The fourth-order valence-corrected chi connectivity index (χ4v) is 4.31. The number of nitrogens with zero attached hydrogens (tertiary/aromatic N) is 2. The lowest BCUT2D eigenvalue weighted by Gasteiger charge is -2.26. The number of rotatable bonds is 7. The molecule has 2 aromatic carbocycles. The van der Waals surface area contributed by atoms with E-state index in [9.17, 15) is 14.7 Å². The number of carbonyl (C=O) groups excluding carboxylic acids is 2. The SMILES string of the molecule is Cc1cc(/C(O)=C2/C(=O)C(=O)N(Cc3cccnc3)C2c2cccc(OCC(C)C)c2)ccc1Br. The number of aliphatic hydroxyl groups excluding tert-OH is 1. The second-order valence-electron chi connectivity index (χ2n) is 9.03. The Labute approximate surface area is 213 Å². The first kappa shape index (κ1) is 24.7. The van der Waals surface area contributed by atoms with Crippen LogP contribution in [0.4, 0.5) is 0 Å². The number of Topliss-reactive ketones (excluding diaryl/α,β-unsaturated/α-hetero) is 1. The number of halogens is 1. The molecule has 1 unspecified atom stereocenters. The smallest absolute Gasteiger partial charge is 0.295 e. The van der Waals surface area contributed by atoms with E-state index in [1.807, 2.05) is 43.3 Å². The van der Waals surface area contributed by atoms with E-state index in [2.05, 4.69) is 34.8 Å². The Hall–Kier alpha value is -3.45. The zero-order chi connectivity index (χ0) is 25.1. The van der Waals surface area contributed by atoms with Gasteiger partial charge in [-0.1, -0.05) is 54.0 Å². The fraction of sp³-hybridized carbons (Fsp3) is 0.250. The van der Waals surface area contributed by atoms with E-state index in [1.54, 1.807) is 30.6 Å². The molecule has 1 aliphatic rings. The third-order valence-corrected chi connectivity index (χ3v) is 6.69. The second-order valence-corrected chi connectivity index (χ2v) is 9.88. The maximum atomic E-state index is 13.3. The van der Waals surface area contributed by atoms with Gasteiger partial charge in [-0.3, -0.25) is 14.6 Å². The molecule has 1 N–H and O–H groups in total. The Morgan fingerprint density at radius 1 is 1.14 bits per heavy atom. The van der Waals surface area contributed by atoms with E-state index in [0.29, 0.717) is 29.4 Å². The summed E-state index contributed by atoms with van der Waals surface area (Å²) in [5, 5.41) is 11.3. The number of amides is 1. The number of likely N-dealkylation sites (tertiary alicyclic amines) is 1. The van der Waals surface area contributed by atoms with Crippen molar-refractivity contribution in [2.45, 2.75) is 33.4 Å². The predicted octanol–water partition coefficient (Wildman–Crippen LogP) is 5.81. The molecule has 0 radical (unpaired) electrons. The number of aliphatic hydroxyl groups is 1. The van der Waals surface area contributed by atoms with Crippen LogP contribution in [0.2, 0.25) is 0 Å². The van der Waals surface area contributed by atoms with Gasteiger partial charge in [0, 0.05) is 29.0 Å². The minimum Gasteiger partial charge on any atom is -0.507 e. The third kappa shape index (κ3) is 5.30. The average Bonchev–Trinajstić information content (AvgIpc) is 3.09. The van der Waals surface area contributed by atoms with E-state index in [1.165, 1.54) is 4.90 Å². The summed E-state index contributed by atoms with van der Waals surface area (Å²) in [6.45, 7) is 6.74. The summed E-state index contributed by atoms with van der Waals surface area (Å²) >= 11 is 3.46. The Morgan fingerprint density at radius 2 is 1.94 bits per heavy atom. The van der Waals surface area contributed by atoms with Gasteiger partial charge in [0.15, 0.2) is 0 Å². The number of ether oxygens (including phenoxy) is 1. The third-order valence-electron chi connectivity index (χ3n) is 5.80. The number of benzene rings is 2. The predicted molar refractivity (Wildman–Crippen MR) is 138 cm³/mol. The fourth-order valence-electron chi connectivity index (χ4n) is 4.06. The van der Waals surface area contributed by atoms with Crippen LogP contribution in [0.15, 0.2) is 77.0 Å². The standard InChI is InChI=1S/C28H27BrN2O4/c1-17(2)16-35-22-8-4-7-20(13-22)25-24(26(32)21-9-10-23(29)18(3)12-21)27(33)28(34)31(25)15-19-6-5-11-30-14-19/h4-14,17,25,32H,15-16H2,1-3H3/b26-24-. The van der Waals surface area contributed by atoms with Crippen LogP contribution in [0.5, 0.6) is 5.75 Å². The molecule has 0 saturated carbocycles. The zero-order valence-corrected chi connectivity index (χ0v) is 21.5. The Balaban J connectivity index is 1.84. The van der Waals surface area contributed by atoms with E-state index in [-0.39, 0.29) is 17.9 Å². The zero-order valence-electron chi connectivity index (χ0n) is 19.9. The minimum absolute atomic E-state index is 0.0571. The number of carbonyl (C=O) groups is 2. The molecule has 1 saturated heterocycles. The van der Waals surface area contributed by atoms with Gasteiger partial charge in [0.1, 0.15) is 11.5 Å². The van der Waals surface area contributed by atoms with Crippen LogP contribution in [0.3, 0.4) is 0 Å². The first-order chi connectivity index (χ1) is 16.8. The first-order valence-electron chi connectivity index (χ1n) is 11.4. The number of pyridine rings is 1. The Bertz CT molecular complexity index is 1290. The molecule has 4 rings (SSSR count). The van der Waals surface area contributed by atoms with Gasteiger partial charge in [-0.05, 0) is 59.9 Å². The van der Waals surface area contributed by atoms with E-state index < -0.39 is 17.7 Å². The molecular weight excluding hydrogens is 508 g/mol. The highest BCUT2D eigenvalue weighted by molar-refractivity contribution is 9.10. The largest absolute Gasteiger partial charge is 0.507 e. The van der Waals surface area contributed by atoms with Crippen LogP contribution < -0.4 is 4.74 Å². The molecule has 0 bridgehead atoms. The summed E-state index contributed by atoms with van der Waals surface area (Å²) in [6, 6.07) is 15.5. The van der Waals surface area contributed by atoms with Gasteiger partial charge in [-0.15, -0.1) is 0 Å². The van der Waals surface area contributed by atoms with Crippen molar-refractivity contribution in [3.63, 3.8) is 0 Å². The number of ketones is 1. The van der Waals surface area contributed by atoms with Crippen LogP contribution in [-0.2, 0) is 16.1 Å². The van der Waals surface area contributed by atoms with Crippen LogP contribution >= 0.6 is 15.9 Å². The molecule has 1 amide bonds. The van der Waals surface area contributed by atoms with Crippen LogP contribution in [0.1, 0.15) is 42.1 Å². The summed E-state index contributed by atoms with van der Waals surface area (Å²) in [5.74, 6) is -0.600. The Kier molecular flexibility index (Phi) is 7.36. The molecule has 7 heteroatoms. The van der Waals surface area contributed by atoms with E-state index in [4.69, 9.17) is 4.74 Å². The minimum atomic E-state index is -0.776. The lowest BCUT2D eigenvalue weighted by molar-refractivity contribution is -0.140. The molecule has 0 spiro atoms. The number of hydrogen-bond acceptors (Lipinski definition) is 5. The monoisotopic (exact) mass is 534 g/mol. The maximum Gasteiger partial charge on any atom is 0.295 e. The quantitative estimate of drug-likeness (QED) is 0.235. The van der Waals surface area contributed by atoms with Crippen LogP contribution in [-0.4, -0.2) is 33.3 Å². The molecule has 0 aliphatic carbocycles. The van der Waals surface area contributed by atoms with Gasteiger partial charge in [-0.25, -0.2) is 0 Å².